The maximum Gasteiger partial charge on any atom is 0.262 e. The summed E-state index contributed by atoms with van der Waals surface area (Å²) in [6.07, 6.45) is 0. The van der Waals surface area contributed by atoms with Crippen LogP contribution >= 0.6 is 11.8 Å². The summed E-state index contributed by atoms with van der Waals surface area (Å²) in [6.45, 7) is 2.57. The normalized spacial score (nSPS) is 12.2. The van der Waals surface area contributed by atoms with Gasteiger partial charge in [0.25, 0.3) is 5.56 Å². The molecule has 166 valence electrons. The average Bonchev–Trinajstić information content (AvgIpc) is 3.29. The lowest BCUT2D eigenvalue weighted by molar-refractivity contribution is -0.113. The van der Waals surface area contributed by atoms with Crippen molar-refractivity contribution in [2.24, 2.45) is 0 Å². The van der Waals surface area contributed by atoms with Crippen molar-refractivity contribution in [3.8, 4) is 11.5 Å². The summed E-state index contributed by atoms with van der Waals surface area (Å²) in [4.78, 5) is 30.6. The minimum Gasteiger partial charge on any atom is -0.454 e. The number of ether oxygens (including phenoxy) is 2. The maximum atomic E-state index is 13.2. The minimum absolute atomic E-state index is 0.104. The van der Waals surface area contributed by atoms with Crippen molar-refractivity contribution in [1.82, 2.24) is 9.55 Å². The van der Waals surface area contributed by atoms with Crippen LogP contribution < -0.4 is 20.3 Å². The van der Waals surface area contributed by atoms with Gasteiger partial charge in [0.1, 0.15) is 0 Å². The van der Waals surface area contributed by atoms with Gasteiger partial charge in [0.15, 0.2) is 16.7 Å². The van der Waals surface area contributed by atoms with E-state index in [1.165, 1.54) is 11.8 Å². The van der Waals surface area contributed by atoms with Gasteiger partial charge in [-0.05, 0) is 36.8 Å². The summed E-state index contributed by atoms with van der Waals surface area (Å²) < 4.78 is 12.3. The number of thioether (sulfide) groups is 1. The Morgan fingerprint density at radius 3 is 2.70 bits per heavy atom. The first-order valence-electron chi connectivity index (χ1n) is 10.4. The fourth-order valence-electron chi connectivity index (χ4n) is 3.57. The van der Waals surface area contributed by atoms with Crippen LogP contribution in [0.25, 0.3) is 10.9 Å². The number of aryl methyl sites for hydroxylation is 1. The Morgan fingerprint density at radius 1 is 1.06 bits per heavy atom. The number of benzene rings is 3. The largest absolute Gasteiger partial charge is 0.454 e. The number of hydrogen-bond donors (Lipinski definition) is 1. The van der Waals surface area contributed by atoms with Crippen LogP contribution in [0.3, 0.4) is 0 Å². The van der Waals surface area contributed by atoms with Gasteiger partial charge < -0.3 is 14.8 Å². The van der Waals surface area contributed by atoms with Gasteiger partial charge in [-0.15, -0.1) is 0 Å². The molecule has 33 heavy (non-hydrogen) atoms. The molecule has 1 aliphatic rings. The molecule has 0 saturated heterocycles. The van der Waals surface area contributed by atoms with Gasteiger partial charge in [-0.3, -0.25) is 14.2 Å². The van der Waals surface area contributed by atoms with E-state index in [9.17, 15) is 9.59 Å². The Bertz CT molecular complexity index is 1400. The topological polar surface area (TPSA) is 82.5 Å². The zero-order valence-corrected chi connectivity index (χ0v) is 18.7. The lowest BCUT2D eigenvalue weighted by Crippen LogP contribution is -2.25. The highest BCUT2D eigenvalue weighted by molar-refractivity contribution is 7.99. The van der Waals surface area contributed by atoms with E-state index in [0.29, 0.717) is 39.8 Å². The summed E-state index contributed by atoms with van der Waals surface area (Å²) in [5, 5.41) is 3.91. The van der Waals surface area contributed by atoms with Gasteiger partial charge >= 0.3 is 0 Å². The number of amides is 1. The number of fused-ring (bicyclic) bond motifs is 2. The van der Waals surface area contributed by atoms with Gasteiger partial charge in [0.2, 0.25) is 12.7 Å². The zero-order chi connectivity index (χ0) is 22.8. The maximum absolute atomic E-state index is 13.2. The number of carbonyl (C=O) groups is 1. The summed E-state index contributed by atoms with van der Waals surface area (Å²) >= 11 is 1.24. The molecule has 0 unspecified atom stereocenters. The van der Waals surface area contributed by atoms with E-state index in [0.717, 1.165) is 11.1 Å². The average molecular weight is 460 g/mol. The van der Waals surface area contributed by atoms with Gasteiger partial charge in [-0.1, -0.05) is 53.7 Å². The van der Waals surface area contributed by atoms with Crippen molar-refractivity contribution >= 4 is 34.3 Å². The smallest absolute Gasteiger partial charge is 0.262 e. The molecular weight excluding hydrogens is 438 g/mol. The van der Waals surface area contributed by atoms with Crippen molar-refractivity contribution in [3.63, 3.8) is 0 Å². The number of hydrogen-bond acceptors (Lipinski definition) is 6. The number of rotatable bonds is 6. The molecule has 8 heteroatoms. The highest BCUT2D eigenvalue weighted by Gasteiger charge is 2.16. The van der Waals surface area contributed by atoms with Crippen molar-refractivity contribution < 1.29 is 14.3 Å². The van der Waals surface area contributed by atoms with Gasteiger partial charge in [0, 0.05) is 11.8 Å². The Morgan fingerprint density at radius 2 is 1.85 bits per heavy atom. The summed E-state index contributed by atoms with van der Waals surface area (Å²) in [7, 11) is 0. The van der Waals surface area contributed by atoms with Crippen LogP contribution in [0.15, 0.2) is 76.7 Å². The molecule has 0 bridgehead atoms. The van der Waals surface area contributed by atoms with Gasteiger partial charge in [-0.25, -0.2) is 4.98 Å². The van der Waals surface area contributed by atoms with E-state index in [4.69, 9.17) is 9.47 Å². The van der Waals surface area contributed by atoms with Crippen LogP contribution in [0.5, 0.6) is 11.5 Å². The molecular formula is C25H21N3O4S. The second kappa shape index (κ2) is 8.99. The number of nitrogens with one attached hydrogen (secondary N) is 1. The molecule has 0 radical (unpaired) electrons. The standard InChI is InChI=1S/C25H21N3O4S/c1-16-6-8-17(9-7-16)13-28-24(30)19-4-2-3-5-20(19)27-25(28)33-14-23(29)26-18-10-11-21-22(12-18)32-15-31-21/h2-12H,13-15H2,1H3,(H,26,29). The number of aromatic nitrogens is 2. The molecule has 1 aromatic heterocycles. The van der Waals surface area contributed by atoms with E-state index in [2.05, 4.69) is 10.3 Å². The highest BCUT2D eigenvalue weighted by Crippen LogP contribution is 2.34. The Kier molecular flexibility index (Phi) is 5.75. The molecule has 1 N–H and O–H groups in total. The summed E-state index contributed by atoms with van der Waals surface area (Å²) in [5.74, 6) is 1.15. The Labute approximate surface area is 194 Å². The second-order valence-corrected chi connectivity index (χ2v) is 8.64. The third-order valence-corrected chi connectivity index (χ3v) is 6.25. The molecule has 0 atom stereocenters. The van der Waals surface area contributed by atoms with Crippen LogP contribution in [0.4, 0.5) is 5.69 Å². The van der Waals surface area contributed by atoms with Gasteiger partial charge in [-0.2, -0.15) is 0 Å². The van der Waals surface area contributed by atoms with E-state index in [-0.39, 0.29) is 24.0 Å². The third-order valence-electron chi connectivity index (χ3n) is 5.28. The lowest BCUT2D eigenvalue weighted by atomic mass is 10.1. The van der Waals surface area contributed by atoms with E-state index in [1.807, 2.05) is 49.4 Å². The van der Waals surface area contributed by atoms with Crippen LogP contribution in [-0.4, -0.2) is 28.0 Å². The fourth-order valence-corrected chi connectivity index (χ4v) is 4.37. The summed E-state index contributed by atoms with van der Waals surface area (Å²) in [5.41, 5.74) is 3.25. The number of para-hydroxylation sites is 1. The van der Waals surface area contributed by atoms with Crippen molar-refractivity contribution in [2.75, 3.05) is 17.9 Å². The van der Waals surface area contributed by atoms with E-state index >= 15 is 0 Å². The molecule has 1 amide bonds. The van der Waals surface area contributed by atoms with Crippen molar-refractivity contribution in [3.05, 3.63) is 88.2 Å². The monoisotopic (exact) mass is 459 g/mol. The molecule has 2 heterocycles. The number of carbonyl (C=O) groups excluding carboxylic acids is 1. The predicted molar refractivity (Wildman–Crippen MR) is 128 cm³/mol. The predicted octanol–water partition coefficient (Wildman–Crippen LogP) is 4.21. The first-order chi connectivity index (χ1) is 16.1. The molecule has 0 saturated carbocycles. The summed E-state index contributed by atoms with van der Waals surface area (Å²) in [6, 6.07) is 20.5. The zero-order valence-electron chi connectivity index (χ0n) is 17.9. The van der Waals surface area contributed by atoms with Crippen LogP contribution in [-0.2, 0) is 11.3 Å². The second-order valence-electron chi connectivity index (χ2n) is 7.69. The third kappa shape index (κ3) is 4.56. The number of anilines is 1. The SMILES string of the molecule is Cc1ccc(Cn2c(SCC(=O)Nc3ccc4c(c3)OCO4)nc3ccccc3c2=O)cc1. The number of nitrogens with zero attached hydrogens (tertiary/aromatic N) is 2. The Balaban J connectivity index is 1.38. The molecule has 0 spiro atoms. The first-order valence-corrected chi connectivity index (χ1v) is 11.4. The van der Waals surface area contributed by atoms with E-state index < -0.39 is 0 Å². The van der Waals surface area contributed by atoms with Crippen molar-refractivity contribution in [1.29, 1.82) is 0 Å². The highest BCUT2D eigenvalue weighted by atomic mass is 32.2. The fraction of sp³-hybridized carbons (Fsp3) is 0.160. The van der Waals surface area contributed by atoms with Gasteiger partial charge in [0.05, 0.1) is 23.2 Å². The lowest BCUT2D eigenvalue weighted by Gasteiger charge is -2.13. The molecule has 7 nitrogen and oxygen atoms in total. The molecule has 1 aliphatic heterocycles. The molecule has 4 aromatic rings. The minimum atomic E-state index is -0.205. The van der Waals surface area contributed by atoms with Crippen LogP contribution in [0.1, 0.15) is 11.1 Å². The molecule has 3 aromatic carbocycles. The Hall–Kier alpha value is -3.78. The van der Waals surface area contributed by atoms with Crippen molar-refractivity contribution in [2.45, 2.75) is 18.6 Å². The van der Waals surface area contributed by atoms with E-state index in [1.54, 1.807) is 28.8 Å². The van der Waals surface area contributed by atoms with Crippen LogP contribution in [0.2, 0.25) is 0 Å². The molecule has 0 fully saturated rings. The van der Waals surface area contributed by atoms with Crippen LogP contribution in [0, 0.1) is 6.92 Å². The molecule has 0 aliphatic carbocycles. The quantitative estimate of drug-likeness (QED) is 0.344. The molecule has 5 rings (SSSR count). The first kappa shape index (κ1) is 21.1.